The fraction of sp³-hybridized carbons (Fsp3) is 0.400. The van der Waals surface area contributed by atoms with Gasteiger partial charge in [0, 0.05) is 5.41 Å². The van der Waals surface area contributed by atoms with Crippen LogP contribution in [-0.2, 0) is 5.41 Å². The third-order valence-electron chi connectivity index (χ3n) is 2.69. The van der Waals surface area contributed by atoms with Crippen molar-refractivity contribution in [3.63, 3.8) is 0 Å². The van der Waals surface area contributed by atoms with Gasteiger partial charge in [-0.1, -0.05) is 17.7 Å². The van der Waals surface area contributed by atoms with Crippen molar-refractivity contribution in [2.24, 2.45) is 0 Å². The molecule has 0 spiro atoms. The molecule has 0 radical (unpaired) electrons. The summed E-state index contributed by atoms with van der Waals surface area (Å²) in [4.78, 5) is 0. The average Bonchev–Trinajstić information content (AvgIpc) is 2.90. The lowest BCUT2D eigenvalue weighted by molar-refractivity contribution is 0.255. The Hall–Kier alpha value is -0.600. The van der Waals surface area contributed by atoms with Gasteiger partial charge in [0.2, 0.25) is 0 Å². The molecule has 0 aromatic heterocycles. The van der Waals surface area contributed by atoms with E-state index in [1.165, 1.54) is 6.07 Å². The molecule has 1 saturated carbocycles. The molecule has 1 fully saturated rings. The fourth-order valence-corrected chi connectivity index (χ4v) is 1.63. The molecule has 1 aliphatic carbocycles. The quantitative estimate of drug-likeness (QED) is 0.778. The van der Waals surface area contributed by atoms with Crippen LogP contribution in [-0.4, -0.2) is 11.7 Å². The molecule has 1 aromatic rings. The smallest absolute Gasteiger partial charge is 0.142 e. The fourth-order valence-electron chi connectivity index (χ4n) is 1.51. The van der Waals surface area contributed by atoms with Crippen LogP contribution in [0, 0.1) is 5.82 Å². The lowest BCUT2D eigenvalue weighted by Crippen LogP contribution is -2.11. The van der Waals surface area contributed by atoms with Crippen LogP contribution >= 0.6 is 11.6 Å². The third kappa shape index (κ3) is 1.45. The normalized spacial score (nSPS) is 18.7. The summed E-state index contributed by atoms with van der Waals surface area (Å²) >= 11 is 5.56. The number of hydrogen-bond donors (Lipinski definition) is 1. The molecule has 0 heterocycles. The SMILES string of the molecule is OCC1(c2ccc(Cl)c(F)c2)CC1. The third-order valence-corrected chi connectivity index (χ3v) is 2.99. The molecule has 0 atom stereocenters. The van der Waals surface area contributed by atoms with Crippen LogP contribution in [0.15, 0.2) is 18.2 Å². The van der Waals surface area contributed by atoms with Crippen molar-refractivity contribution < 1.29 is 9.50 Å². The van der Waals surface area contributed by atoms with E-state index in [4.69, 9.17) is 16.7 Å². The summed E-state index contributed by atoms with van der Waals surface area (Å²) in [7, 11) is 0. The van der Waals surface area contributed by atoms with Crippen LogP contribution in [0.5, 0.6) is 0 Å². The van der Waals surface area contributed by atoms with Gasteiger partial charge in [0.05, 0.1) is 11.6 Å². The Kier molecular flexibility index (Phi) is 2.05. The zero-order valence-corrected chi connectivity index (χ0v) is 7.81. The number of benzene rings is 1. The molecule has 1 N–H and O–H groups in total. The average molecular weight is 201 g/mol. The highest BCUT2D eigenvalue weighted by Crippen LogP contribution is 2.47. The Labute approximate surface area is 81.1 Å². The Morgan fingerprint density at radius 3 is 2.62 bits per heavy atom. The van der Waals surface area contributed by atoms with E-state index in [0.717, 1.165) is 18.4 Å². The molecule has 70 valence electrons. The highest BCUT2D eigenvalue weighted by Gasteiger charge is 2.43. The molecule has 1 aliphatic rings. The number of hydrogen-bond acceptors (Lipinski definition) is 1. The van der Waals surface area contributed by atoms with Crippen LogP contribution in [0.25, 0.3) is 0 Å². The van der Waals surface area contributed by atoms with Gasteiger partial charge in [-0.3, -0.25) is 0 Å². The van der Waals surface area contributed by atoms with Crippen LogP contribution in [0.1, 0.15) is 18.4 Å². The van der Waals surface area contributed by atoms with E-state index in [-0.39, 0.29) is 17.0 Å². The van der Waals surface area contributed by atoms with Crippen LogP contribution in [0.2, 0.25) is 5.02 Å². The minimum atomic E-state index is -0.404. The van der Waals surface area contributed by atoms with Crippen molar-refractivity contribution in [2.75, 3.05) is 6.61 Å². The van der Waals surface area contributed by atoms with Gasteiger partial charge in [-0.2, -0.15) is 0 Å². The van der Waals surface area contributed by atoms with Gasteiger partial charge >= 0.3 is 0 Å². The van der Waals surface area contributed by atoms with E-state index in [9.17, 15) is 4.39 Å². The lowest BCUT2D eigenvalue weighted by Gasteiger charge is -2.11. The van der Waals surface area contributed by atoms with Gasteiger partial charge in [-0.15, -0.1) is 0 Å². The predicted molar refractivity (Wildman–Crippen MR) is 49.4 cm³/mol. The van der Waals surface area contributed by atoms with Crippen molar-refractivity contribution in [3.8, 4) is 0 Å². The molecule has 3 heteroatoms. The molecule has 1 aromatic carbocycles. The van der Waals surface area contributed by atoms with E-state index in [1.807, 2.05) is 0 Å². The van der Waals surface area contributed by atoms with Gasteiger partial charge in [0.1, 0.15) is 5.82 Å². The topological polar surface area (TPSA) is 20.2 Å². The summed E-state index contributed by atoms with van der Waals surface area (Å²) in [6.07, 6.45) is 1.87. The van der Waals surface area contributed by atoms with Crippen molar-refractivity contribution in [3.05, 3.63) is 34.6 Å². The van der Waals surface area contributed by atoms with Gasteiger partial charge in [0.15, 0.2) is 0 Å². The summed E-state index contributed by atoms with van der Waals surface area (Å²) < 4.78 is 13.1. The summed E-state index contributed by atoms with van der Waals surface area (Å²) in [5.74, 6) is -0.404. The largest absolute Gasteiger partial charge is 0.395 e. The van der Waals surface area contributed by atoms with Crippen molar-refractivity contribution >= 4 is 11.6 Å². The second-order valence-corrected chi connectivity index (χ2v) is 3.97. The molecule has 0 unspecified atom stereocenters. The monoisotopic (exact) mass is 200 g/mol. The predicted octanol–water partition coefficient (Wildman–Crippen LogP) is 2.50. The Morgan fingerprint density at radius 2 is 2.15 bits per heavy atom. The lowest BCUT2D eigenvalue weighted by atomic mass is 9.97. The summed E-state index contributed by atoms with van der Waals surface area (Å²) in [6.45, 7) is 0.0913. The number of aliphatic hydroxyl groups is 1. The van der Waals surface area contributed by atoms with Crippen LogP contribution in [0.3, 0.4) is 0 Å². The van der Waals surface area contributed by atoms with Crippen molar-refractivity contribution in [2.45, 2.75) is 18.3 Å². The summed E-state index contributed by atoms with van der Waals surface area (Å²) in [6, 6.07) is 4.75. The highest BCUT2D eigenvalue weighted by atomic mass is 35.5. The highest BCUT2D eigenvalue weighted by molar-refractivity contribution is 6.30. The molecule has 13 heavy (non-hydrogen) atoms. The number of aliphatic hydroxyl groups excluding tert-OH is 1. The Morgan fingerprint density at radius 1 is 1.46 bits per heavy atom. The Bertz CT molecular complexity index is 334. The molecule has 2 rings (SSSR count). The molecule has 0 amide bonds. The van der Waals surface area contributed by atoms with E-state index in [1.54, 1.807) is 12.1 Å². The first kappa shape index (κ1) is 8.97. The molecule has 0 saturated heterocycles. The minimum absolute atomic E-state index is 0.0913. The first-order chi connectivity index (χ1) is 6.18. The van der Waals surface area contributed by atoms with Crippen LogP contribution in [0.4, 0.5) is 4.39 Å². The maximum Gasteiger partial charge on any atom is 0.142 e. The van der Waals surface area contributed by atoms with E-state index in [0.29, 0.717) is 0 Å². The zero-order chi connectivity index (χ0) is 9.47. The number of halogens is 2. The molecular formula is C10H10ClFO. The van der Waals surface area contributed by atoms with E-state index < -0.39 is 5.82 Å². The molecule has 1 nitrogen and oxygen atoms in total. The standard InChI is InChI=1S/C10H10ClFO/c11-8-2-1-7(5-9(8)12)10(6-13)3-4-10/h1-2,5,13H,3-4,6H2. The minimum Gasteiger partial charge on any atom is -0.395 e. The second-order valence-electron chi connectivity index (χ2n) is 3.57. The van der Waals surface area contributed by atoms with Crippen molar-refractivity contribution in [1.82, 2.24) is 0 Å². The van der Waals surface area contributed by atoms with Crippen LogP contribution < -0.4 is 0 Å². The van der Waals surface area contributed by atoms with Gasteiger partial charge < -0.3 is 5.11 Å². The number of rotatable bonds is 2. The second kappa shape index (κ2) is 2.96. The summed E-state index contributed by atoms with van der Waals surface area (Å²) in [5.41, 5.74) is 0.683. The molecular weight excluding hydrogens is 191 g/mol. The Balaban J connectivity index is 2.37. The van der Waals surface area contributed by atoms with Crippen molar-refractivity contribution in [1.29, 1.82) is 0 Å². The van der Waals surface area contributed by atoms with E-state index >= 15 is 0 Å². The summed E-state index contributed by atoms with van der Waals surface area (Å²) in [5, 5.41) is 9.25. The zero-order valence-electron chi connectivity index (χ0n) is 7.06. The first-order valence-corrected chi connectivity index (χ1v) is 4.62. The van der Waals surface area contributed by atoms with E-state index in [2.05, 4.69) is 0 Å². The molecule has 0 aliphatic heterocycles. The van der Waals surface area contributed by atoms with Gasteiger partial charge in [-0.25, -0.2) is 4.39 Å². The van der Waals surface area contributed by atoms with Gasteiger partial charge in [-0.05, 0) is 30.5 Å². The molecule has 0 bridgehead atoms. The van der Waals surface area contributed by atoms with Gasteiger partial charge in [0.25, 0.3) is 0 Å². The maximum atomic E-state index is 13.1. The first-order valence-electron chi connectivity index (χ1n) is 4.24. The maximum absolute atomic E-state index is 13.1.